The van der Waals surface area contributed by atoms with Crippen LogP contribution in [0.4, 0.5) is 4.79 Å². The number of carboxylic acids is 1. The van der Waals surface area contributed by atoms with Crippen molar-refractivity contribution in [2.24, 2.45) is 0 Å². The van der Waals surface area contributed by atoms with Crippen LogP contribution in [0.25, 0.3) is 0 Å². The fourth-order valence-electron chi connectivity index (χ4n) is 1.63. The summed E-state index contributed by atoms with van der Waals surface area (Å²) >= 11 is 0. The third-order valence-electron chi connectivity index (χ3n) is 3.08. The minimum Gasteiger partial charge on any atom is -0.481 e. The normalized spacial score (nSPS) is 11.0. The standard InChI is InChI=1S/C12H23NO4/c1-4-12(5-2,6-3)17-11(16)13-9-7-8-10(14)15/h4-9H2,1-3H3,(H,13,16)(H,14,15). The van der Waals surface area contributed by atoms with Crippen molar-refractivity contribution in [3.63, 3.8) is 0 Å². The molecule has 0 aromatic carbocycles. The van der Waals surface area contributed by atoms with Gasteiger partial charge in [0.25, 0.3) is 0 Å². The zero-order valence-corrected chi connectivity index (χ0v) is 10.9. The summed E-state index contributed by atoms with van der Waals surface area (Å²) in [5.41, 5.74) is -0.392. The third kappa shape index (κ3) is 6.14. The van der Waals surface area contributed by atoms with Gasteiger partial charge in [-0.1, -0.05) is 20.8 Å². The van der Waals surface area contributed by atoms with Crippen molar-refractivity contribution in [1.82, 2.24) is 5.32 Å². The van der Waals surface area contributed by atoms with Crippen LogP contribution in [0, 0.1) is 0 Å². The smallest absolute Gasteiger partial charge is 0.407 e. The molecule has 0 fully saturated rings. The van der Waals surface area contributed by atoms with Gasteiger partial charge < -0.3 is 15.2 Å². The number of ether oxygens (including phenoxy) is 1. The van der Waals surface area contributed by atoms with Gasteiger partial charge in [-0.2, -0.15) is 0 Å². The molecule has 0 aromatic rings. The summed E-state index contributed by atoms with van der Waals surface area (Å²) in [7, 11) is 0. The fraction of sp³-hybridized carbons (Fsp3) is 0.833. The predicted molar refractivity (Wildman–Crippen MR) is 65.0 cm³/mol. The van der Waals surface area contributed by atoms with Crippen molar-refractivity contribution in [2.45, 2.75) is 58.5 Å². The molecule has 0 aliphatic rings. The lowest BCUT2D eigenvalue weighted by Crippen LogP contribution is -2.38. The molecule has 1 amide bonds. The average molecular weight is 245 g/mol. The number of rotatable bonds is 8. The molecule has 0 aromatic heterocycles. The second-order valence-electron chi connectivity index (χ2n) is 4.06. The zero-order valence-electron chi connectivity index (χ0n) is 10.9. The van der Waals surface area contributed by atoms with E-state index in [-0.39, 0.29) is 6.42 Å². The van der Waals surface area contributed by atoms with Crippen molar-refractivity contribution < 1.29 is 19.4 Å². The number of hydrogen-bond donors (Lipinski definition) is 2. The molecule has 0 rings (SSSR count). The minimum absolute atomic E-state index is 0.0563. The third-order valence-corrected chi connectivity index (χ3v) is 3.08. The molecule has 0 saturated carbocycles. The maximum Gasteiger partial charge on any atom is 0.407 e. The van der Waals surface area contributed by atoms with Gasteiger partial charge in [0.2, 0.25) is 0 Å². The number of aliphatic carboxylic acids is 1. The van der Waals surface area contributed by atoms with E-state index >= 15 is 0 Å². The number of carbonyl (C=O) groups is 2. The first-order valence-electron chi connectivity index (χ1n) is 6.18. The minimum atomic E-state index is -0.856. The molecule has 100 valence electrons. The van der Waals surface area contributed by atoms with Gasteiger partial charge in [-0.25, -0.2) is 4.79 Å². The van der Waals surface area contributed by atoms with E-state index in [2.05, 4.69) is 5.32 Å². The number of hydrogen-bond acceptors (Lipinski definition) is 3. The molecule has 0 saturated heterocycles. The van der Waals surface area contributed by atoms with Crippen molar-refractivity contribution >= 4 is 12.1 Å². The van der Waals surface area contributed by atoms with Crippen LogP contribution in [0.3, 0.4) is 0 Å². The largest absolute Gasteiger partial charge is 0.481 e. The first-order chi connectivity index (χ1) is 7.99. The van der Waals surface area contributed by atoms with E-state index in [4.69, 9.17) is 9.84 Å². The lowest BCUT2D eigenvalue weighted by molar-refractivity contribution is -0.137. The Labute approximate surface area is 103 Å². The Morgan fingerprint density at radius 1 is 1.18 bits per heavy atom. The Balaban J connectivity index is 3.95. The van der Waals surface area contributed by atoms with E-state index in [9.17, 15) is 9.59 Å². The molecule has 0 aliphatic carbocycles. The highest BCUT2D eigenvalue weighted by Gasteiger charge is 2.28. The van der Waals surface area contributed by atoms with Crippen molar-refractivity contribution in [3.8, 4) is 0 Å². The Morgan fingerprint density at radius 2 is 1.71 bits per heavy atom. The van der Waals surface area contributed by atoms with Gasteiger partial charge in [-0.05, 0) is 25.7 Å². The Bertz CT molecular complexity index is 241. The Morgan fingerprint density at radius 3 is 2.12 bits per heavy atom. The molecular formula is C12H23NO4. The van der Waals surface area contributed by atoms with Crippen LogP contribution in [-0.2, 0) is 9.53 Å². The number of carbonyl (C=O) groups excluding carboxylic acids is 1. The molecule has 5 heteroatoms. The van der Waals surface area contributed by atoms with Gasteiger partial charge in [-0.15, -0.1) is 0 Å². The molecule has 5 nitrogen and oxygen atoms in total. The quantitative estimate of drug-likeness (QED) is 0.644. The first-order valence-corrected chi connectivity index (χ1v) is 6.18. The van der Waals surface area contributed by atoms with Crippen LogP contribution in [0.5, 0.6) is 0 Å². The lowest BCUT2D eigenvalue weighted by Gasteiger charge is -2.30. The van der Waals surface area contributed by atoms with Crippen LogP contribution in [-0.4, -0.2) is 29.3 Å². The second kappa shape index (κ2) is 7.92. The summed E-state index contributed by atoms with van der Waals surface area (Å²) in [6.45, 7) is 6.30. The van der Waals surface area contributed by atoms with Crippen LogP contribution < -0.4 is 5.32 Å². The van der Waals surface area contributed by atoms with E-state index in [1.54, 1.807) is 0 Å². The summed E-state index contributed by atoms with van der Waals surface area (Å²) < 4.78 is 5.40. The average Bonchev–Trinajstić information content (AvgIpc) is 2.32. The Hall–Kier alpha value is -1.26. The maximum atomic E-state index is 11.5. The van der Waals surface area contributed by atoms with Gasteiger partial charge in [0, 0.05) is 13.0 Å². The fourth-order valence-corrected chi connectivity index (χ4v) is 1.63. The van der Waals surface area contributed by atoms with Gasteiger partial charge in [0.1, 0.15) is 5.60 Å². The highest BCUT2D eigenvalue weighted by molar-refractivity contribution is 5.68. The van der Waals surface area contributed by atoms with E-state index in [1.807, 2.05) is 20.8 Å². The van der Waals surface area contributed by atoms with Crippen molar-refractivity contribution in [3.05, 3.63) is 0 Å². The van der Waals surface area contributed by atoms with E-state index in [0.29, 0.717) is 13.0 Å². The summed E-state index contributed by atoms with van der Waals surface area (Å²) in [5.74, 6) is -0.856. The molecule has 0 atom stereocenters. The van der Waals surface area contributed by atoms with Crippen LogP contribution in [0.2, 0.25) is 0 Å². The molecule has 2 N–H and O–H groups in total. The van der Waals surface area contributed by atoms with E-state index in [0.717, 1.165) is 19.3 Å². The zero-order chi connectivity index (χ0) is 13.3. The summed E-state index contributed by atoms with van der Waals surface area (Å²) in [6.07, 6.45) is 2.36. The van der Waals surface area contributed by atoms with Gasteiger partial charge >= 0.3 is 12.1 Å². The topological polar surface area (TPSA) is 75.6 Å². The maximum absolute atomic E-state index is 11.5. The lowest BCUT2D eigenvalue weighted by atomic mass is 9.94. The van der Waals surface area contributed by atoms with E-state index < -0.39 is 17.7 Å². The molecule has 0 spiro atoms. The van der Waals surface area contributed by atoms with Gasteiger partial charge in [0.15, 0.2) is 0 Å². The van der Waals surface area contributed by atoms with E-state index in [1.165, 1.54) is 0 Å². The highest BCUT2D eigenvalue weighted by atomic mass is 16.6. The highest BCUT2D eigenvalue weighted by Crippen LogP contribution is 2.24. The van der Waals surface area contributed by atoms with Crippen LogP contribution in [0.1, 0.15) is 52.9 Å². The SMILES string of the molecule is CCC(CC)(CC)OC(=O)NCCCC(=O)O. The molecule has 0 unspecified atom stereocenters. The second-order valence-corrected chi connectivity index (χ2v) is 4.06. The van der Waals surface area contributed by atoms with Crippen LogP contribution in [0.15, 0.2) is 0 Å². The number of amides is 1. The van der Waals surface area contributed by atoms with Crippen molar-refractivity contribution in [1.29, 1.82) is 0 Å². The number of nitrogens with one attached hydrogen (secondary N) is 1. The molecule has 0 bridgehead atoms. The molecule has 17 heavy (non-hydrogen) atoms. The summed E-state index contributed by atoms with van der Waals surface area (Å²) in [6, 6.07) is 0. The first kappa shape index (κ1) is 15.7. The summed E-state index contributed by atoms with van der Waals surface area (Å²) in [5, 5.41) is 11.0. The molecule has 0 aliphatic heterocycles. The number of alkyl carbamates (subject to hydrolysis) is 1. The molecular weight excluding hydrogens is 222 g/mol. The number of carboxylic acid groups (broad SMARTS) is 1. The monoisotopic (exact) mass is 245 g/mol. The van der Waals surface area contributed by atoms with Crippen molar-refractivity contribution in [2.75, 3.05) is 6.54 Å². The van der Waals surface area contributed by atoms with Gasteiger partial charge in [-0.3, -0.25) is 4.79 Å². The summed E-state index contributed by atoms with van der Waals surface area (Å²) in [4.78, 5) is 21.8. The molecule has 0 radical (unpaired) electrons. The Kier molecular flexibility index (Phi) is 7.34. The van der Waals surface area contributed by atoms with Gasteiger partial charge in [0.05, 0.1) is 0 Å². The molecule has 0 heterocycles. The van der Waals surface area contributed by atoms with Crippen LogP contribution >= 0.6 is 0 Å². The predicted octanol–water partition coefficient (Wildman–Crippen LogP) is 2.55.